The van der Waals surface area contributed by atoms with Crippen molar-refractivity contribution in [3.8, 4) is 11.5 Å². The average Bonchev–Trinajstić information content (AvgIpc) is 3.19. The lowest BCUT2D eigenvalue weighted by atomic mass is 10.0. The largest absolute Gasteiger partial charge is 0.493 e. The van der Waals surface area contributed by atoms with Gasteiger partial charge in [0.1, 0.15) is 0 Å². The molecule has 1 amide bonds. The molecule has 0 bridgehead atoms. The molecule has 7 nitrogen and oxygen atoms in total. The summed E-state index contributed by atoms with van der Waals surface area (Å²) in [6, 6.07) is 7.51. The minimum atomic E-state index is -3.47. The van der Waals surface area contributed by atoms with E-state index in [-0.39, 0.29) is 24.6 Å². The second-order valence-corrected chi connectivity index (χ2v) is 9.60. The number of methoxy groups -OCH3 is 2. The van der Waals surface area contributed by atoms with Gasteiger partial charge >= 0.3 is 0 Å². The summed E-state index contributed by atoms with van der Waals surface area (Å²) in [7, 11) is -0.334. The molecule has 1 N–H and O–H groups in total. The Kier molecular flexibility index (Phi) is 6.58. The van der Waals surface area contributed by atoms with E-state index in [0.29, 0.717) is 31.0 Å². The zero-order valence-electron chi connectivity index (χ0n) is 15.9. The summed E-state index contributed by atoms with van der Waals surface area (Å²) in [6.07, 6.45) is 0.885. The van der Waals surface area contributed by atoms with Gasteiger partial charge in [-0.25, -0.2) is 8.42 Å². The van der Waals surface area contributed by atoms with Crippen LogP contribution in [-0.4, -0.2) is 51.7 Å². The molecular formula is C19H24N2O5S2. The van der Waals surface area contributed by atoms with E-state index in [0.717, 1.165) is 16.0 Å². The minimum Gasteiger partial charge on any atom is -0.493 e. The van der Waals surface area contributed by atoms with Crippen LogP contribution in [0.4, 0.5) is 0 Å². The first kappa shape index (κ1) is 20.6. The standard InChI is InChI=1S/C19H24N2O5S2/c1-25-17-10-14-5-7-21(13-15(14)11-18(17)26-2)28(23,24)9-6-20-19(22)12-16-4-3-8-27-16/h3-4,8,10-11H,5-7,9,12-13H2,1-2H3,(H,20,22). The number of hydrogen-bond donors (Lipinski definition) is 1. The summed E-state index contributed by atoms with van der Waals surface area (Å²) in [5, 5.41) is 4.60. The molecule has 2 heterocycles. The highest BCUT2D eigenvalue weighted by Crippen LogP contribution is 2.33. The van der Waals surface area contributed by atoms with Crippen LogP contribution in [0, 0.1) is 0 Å². The SMILES string of the molecule is COc1cc2c(cc1OC)CN(S(=O)(=O)CCNC(=O)Cc1cccs1)CC2. The Labute approximate surface area is 169 Å². The van der Waals surface area contributed by atoms with Gasteiger partial charge in [0.15, 0.2) is 11.5 Å². The van der Waals surface area contributed by atoms with Crippen molar-refractivity contribution < 1.29 is 22.7 Å². The van der Waals surface area contributed by atoms with Crippen molar-refractivity contribution in [1.29, 1.82) is 0 Å². The van der Waals surface area contributed by atoms with E-state index < -0.39 is 10.0 Å². The summed E-state index contributed by atoms with van der Waals surface area (Å²) < 4.78 is 37.5. The van der Waals surface area contributed by atoms with Crippen LogP contribution in [0.1, 0.15) is 16.0 Å². The normalized spacial score (nSPS) is 14.4. The summed E-state index contributed by atoms with van der Waals surface area (Å²) in [5.74, 6) is 0.942. The van der Waals surface area contributed by atoms with Gasteiger partial charge in [-0.15, -0.1) is 11.3 Å². The molecule has 9 heteroatoms. The topological polar surface area (TPSA) is 84.9 Å². The third-order valence-electron chi connectivity index (χ3n) is 4.67. The number of rotatable bonds is 8. The molecule has 0 spiro atoms. The van der Waals surface area contributed by atoms with Gasteiger partial charge in [-0.3, -0.25) is 4.79 Å². The lowest BCUT2D eigenvalue weighted by Crippen LogP contribution is -2.40. The predicted octanol–water partition coefficient (Wildman–Crippen LogP) is 1.81. The van der Waals surface area contributed by atoms with E-state index in [9.17, 15) is 13.2 Å². The number of fused-ring (bicyclic) bond motifs is 1. The maximum Gasteiger partial charge on any atom is 0.225 e. The van der Waals surface area contributed by atoms with E-state index >= 15 is 0 Å². The number of thiophene rings is 1. The van der Waals surface area contributed by atoms with Crippen molar-refractivity contribution in [2.75, 3.05) is 33.1 Å². The fourth-order valence-electron chi connectivity index (χ4n) is 3.18. The number of ether oxygens (including phenoxy) is 2. The quantitative estimate of drug-likeness (QED) is 0.699. The van der Waals surface area contributed by atoms with Gasteiger partial charge in [-0.05, 0) is 41.1 Å². The first-order valence-corrected chi connectivity index (χ1v) is 11.4. The van der Waals surface area contributed by atoms with Gasteiger partial charge in [0.2, 0.25) is 15.9 Å². The number of carbonyl (C=O) groups is 1. The van der Waals surface area contributed by atoms with E-state index in [1.807, 2.05) is 29.6 Å². The van der Waals surface area contributed by atoms with Crippen molar-refractivity contribution in [3.63, 3.8) is 0 Å². The molecule has 0 aliphatic carbocycles. The van der Waals surface area contributed by atoms with Crippen LogP contribution in [-0.2, 0) is 34.2 Å². The molecule has 0 unspecified atom stereocenters. The number of benzene rings is 1. The molecule has 0 radical (unpaired) electrons. The Bertz CT molecular complexity index is 926. The van der Waals surface area contributed by atoms with Crippen LogP contribution in [0.5, 0.6) is 11.5 Å². The summed E-state index contributed by atoms with van der Waals surface area (Å²) in [4.78, 5) is 12.9. The molecule has 28 heavy (non-hydrogen) atoms. The number of sulfonamides is 1. The molecule has 1 aliphatic heterocycles. The van der Waals surface area contributed by atoms with E-state index in [1.54, 1.807) is 14.2 Å². The highest BCUT2D eigenvalue weighted by molar-refractivity contribution is 7.89. The molecular weight excluding hydrogens is 400 g/mol. The number of nitrogens with one attached hydrogen (secondary N) is 1. The average molecular weight is 425 g/mol. The Morgan fingerprint density at radius 1 is 1.21 bits per heavy atom. The molecule has 152 valence electrons. The number of carbonyl (C=O) groups excluding carboxylic acids is 1. The molecule has 3 rings (SSSR count). The lowest BCUT2D eigenvalue weighted by molar-refractivity contribution is -0.120. The fraction of sp³-hybridized carbons (Fsp3) is 0.421. The van der Waals surface area contributed by atoms with Crippen molar-refractivity contribution in [2.45, 2.75) is 19.4 Å². The van der Waals surface area contributed by atoms with Crippen LogP contribution in [0.25, 0.3) is 0 Å². The Balaban J connectivity index is 1.58. The molecule has 2 aromatic rings. The highest BCUT2D eigenvalue weighted by Gasteiger charge is 2.27. The Morgan fingerprint density at radius 2 is 1.93 bits per heavy atom. The van der Waals surface area contributed by atoms with E-state index in [1.165, 1.54) is 15.6 Å². The van der Waals surface area contributed by atoms with Crippen LogP contribution < -0.4 is 14.8 Å². The van der Waals surface area contributed by atoms with Gasteiger partial charge in [0.05, 0.1) is 26.4 Å². The van der Waals surface area contributed by atoms with E-state index in [2.05, 4.69) is 5.32 Å². The lowest BCUT2D eigenvalue weighted by Gasteiger charge is -2.29. The molecule has 1 aliphatic rings. The van der Waals surface area contributed by atoms with Crippen molar-refractivity contribution in [2.24, 2.45) is 0 Å². The highest BCUT2D eigenvalue weighted by atomic mass is 32.2. The summed E-state index contributed by atoms with van der Waals surface area (Å²) >= 11 is 1.51. The zero-order chi connectivity index (χ0) is 20.1. The van der Waals surface area contributed by atoms with Gasteiger partial charge in [0.25, 0.3) is 0 Å². The van der Waals surface area contributed by atoms with Gasteiger partial charge in [0, 0.05) is 24.5 Å². The molecule has 0 saturated heterocycles. The van der Waals surface area contributed by atoms with Crippen molar-refractivity contribution in [1.82, 2.24) is 9.62 Å². The maximum absolute atomic E-state index is 12.7. The first-order valence-electron chi connectivity index (χ1n) is 8.93. The third-order valence-corrected chi connectivity index (χ3v) is 7.37. The number of amides is 1. The maximum atomic E-state index is 12.7. The number of nitrogens with zero attached hydrogens (tertiary/aromatic N) is 1. The molecule has 1 aromatic carbocycles. The van der Waals surface area contributed by atoms with Crippen LogP contribution >= 0.6 is 11.3 Å². The molecule has 0 fully saturated rings. The van der Waals surface area contributed by atoms with Gasteiger partial charge in [-0.1, -0.05) is 6.07 Å². The van der Waals surface area contributed by atoms with Crippen LogP contribution in [0.3, 0.4) is 0 Å². The Hall–Kier alpha value is -2.10. The second kappa shape index (κ2) is 8.93. The van der Waals surface area contributed by atoms with Gasteiger partial charge in [-0.2, -0.15) is 4.31 Å². The van der Waals surface area contributed by atoms with Crippen LogP contribution in [0.15, 0.2) is 29.6 Å². The summed E-state index contributed by atoms with van der Waals surface area (Å²) in [6.45, 7) is 0.803. The second-order valence-electron chi connectivity index (χ2n) is 6.48. The molecule has 0 atom stereocenters. The smallest absolute Gasteiger partial charge is 0.225 e. The van der Waals surface area contributed by atoms with Gasteiger partial charge < -0.3 is 14.8 Å². The minimum absolute atomic E-state index is 0.0990. The summed E-state index contributed by atoms with van der Waals surface area (Å²) in [5.41, 5.74) is 1.97. The van der Waals surface area contributed by atoms with Crippen molar-refractivity contribution >= 4 is 27.3 Å². The monoisotopic (exact) mass is 424 g/mol. The first-order chi connectivity index (χ1) is 13.4. The zero-order valence-corrected chi connectivity index (χ0v) is 17.6. The molecule has 1 aromatic heterocycles. The molecule has 0 saturated carbocycles. The third kappa shape index (κ3) is 4.84. The van der Waals surface area contributed by atoms with Crippen molar-refractivity contribution in [3.05, 3.63) is 45.6 Å². The fourth-order valence-corrected chi connectivity index (χ4v) is 5.20. The number of hydrogen-bond acceptors (Lipinski definition) is 6. The Morgan fingerprint density at radius 3 is 2.57 bits per heavy atom. The van der Waals surface area contributed by atoms with Crippen LogP contribution in [0.2, 0.25) is 0 Å². The predicted molar refractivity (Wildman–Crippen MR) is 108 cm³/mol. The van der Waals surface area contributed by atoms with E-state index in [4.69, 9.17) is 9.47 Å².